The Bertz CT molecular complexity index is 1010. The van der Waals surface area contributed by atoms with Crippen LogP contribution in [0.2, 0.25) is 0 Å². The number of hydrogen-bond donors (Lipinski definition) is 2. The zero-order valence-corrected chi connectivity index (χ0v) is 34.6. The van der Waals surface area contributed by atoms with Gasteiger partial charge in [0, 0.05) is 19.4 Å². The summed E-state index contributed by atoms with van der Waals surface area (Å²) in [5.74, 6) is -0.855. The molecule has 0 fully saturated rings. The van der Waals surface area contributed by atoms with E-state index < -0.39 is 32.5 Å². The highest BCUT2D eigenvalue weighted by atomic mass is 31.2. The summed E-state index contributed by atoms with van der Waals surface area (Å²) in [5, 5.41) is 0. The van der Waals surface area contributed by atoms with Gasteiger partial charge in [0.2, 0.25) is 0 Å². The Kier molecular flexibility index (Phi) is 38.1. The molecule has 0 spiro atoms. The summed E-state index contributed by atoms with van der Waals surface area (Å²) in [6.45, 7) is 3.65. The van der Waals surface area contributed by atoms with Gasteiger partial charge >= 0.3 is 19.8 Å². The second-order valence-electron chi connectivity index (χ2n) is 13.8. The normalized spacial score (nSPS) is 13.8. The van der Waals surface area contributed by atoms with Crippen LogP contribution in [0.15, 0.2) is 48.6 Å². The summed E-state index contributed by atoms with van der Waals surface area (Å²) < 4.78 is 32.7. The van der Waals surface area contributed by atoms with Crippen molar-refractivity contribution in [3.63, 3.8) is 0 Å². The molecule has 0 aromatic rings. The smallest absolute Gasteiger partial charge is 0.462 e. The van der Waals surface area contributed by atoms with Gasteiger partial charge in [0.15, 0.2) is 6.10 Å². The molecule has 0 amide bonds. The van der Waals surface area contributed by atoms with Crippen molar-refractivity contribution in [3.05, 3.63) is 48.6 Å². The molecule has 0 bridgehead atoms. The first-order valence-corrected chi connectivity index (χ1v) is 22.6. The van der Waals surface area contributed by atoms with Gasteiger partial charge in [-0.2, -0.15) is 0 Å². The number of hydrogen-bond acceptors (Lipinski definition) is 8. The van der Waals surface area contributed by atoms with Crippen LogP contribution in [0.25, 0.3) is 0 Å². The number of ether oxygens (including phenoxy) is 2. The Balaban J connectivity index is 4.21. The Morgan fingerprint density at radius 2 is 0.981 bits per heavy atom. The molecule has 0 aliphatic carbocycles. The predicted octanol–water partition coefficient (Wildman–Crippen LogP) is 11.9. The summed E-state index contributed by atoms with van der Waals surface area (Å²) in [7, 11) is -4.38. The van der Waals surface area contributed by atoms with E-state index >= 15 is 0 Å². The molecular formula is C43H78NO8P. The van der Waals surface area contributed by atoms with Gasteiger partial charge in [-0.05, 0) is 77.0 Å². The summed E-state index contributed by atoms with van der Waals surface area (Å²) in [5.41, 5.74) is 5.34. The van der Waals surface area contributed by atoms with Crippen molar-refractivity contribution >= 4 is 19.8 Å². The lowest BCUT2D eigenvalue weighted by atomic mass is 10.1. The molecule has 2 atom stereocenters. The van der Waals surface area contributed by atoms with Crippen molar-refractivity contribution in [1.82, 2.24) is 0 Å². The minimum absolute atomic E-state index is 0.0484. The largest absolute Gasteiger partial charge is 0.472 e. The summed E-state index contributed by atoms with van der Waals surface area (Å²) in [4.78, 5) is 34.8. The average molecular weight is 768 g/mol. The van der Waals surface area contributed by atoms with Gasteiger partial charge in [0.1, 0.15) is 6.61 Å². The van der Waals surface area contributed by atoms with E-state index in [9.17, 15) is 19.0 Å². The molecule has 0 aliphatic rings. The SMILES string of the molecule is CCCCC/C=C\C/C=C\CCCCCCCCCC(=O)OC(COC(=O)CCCCCCC/C=C\C/C=C\CCCCC)COP(=O)(O)OCCN. The van der Waals surface area contributed by atoms with Crippen molar-refractivity contribution in [2.45, 2.75) is 187 Å². The van der Waals surface area contributed by atoms with Crippen molar-refractivity contribution < 1.29 is 37.6 Å². The molecule has 0 rings (SSSR count). The van der Waals surface area contributed by atoms with Crippen molar-refractivity contribution in [1.29, 1.82) is 0 Å². The van der Waals surface area contributed by atoms with Gasteiger partial charge in [-0.3, -0.25) is 18.6 Å². The Labute approximate surface area is 324 Å². The van der Waals surface area contributed by atoms with E-state index in [1.54, 1.807) is 0 Å². The average Bonchev–Trinajstić information content (AvgIpc) is 3.14. The summed E-state index contributed by atoms with van der Waals surface area (Å²) in [6.07, 6.45) is 44.2. The topological polar surface area (TPSA) is 134 Å². The highest BCUT2D eigenvalue weighted by Gasteiger charge is 2.26. The van der Waals surface area contributed by atoms with Crippen LogP contribution in [0.1, 0.15) is 181 Å². The zero-order chi connectivity index (χ0) is 38.9. The van der Waals surface area contributed by atoms with Crippen LogP contribution in [-0.4, -0.2) is 49.3 Å². The maximum absolute atomic E-state index is 12.6. The van der Waals surface area contributed by atoms with E-state index in [1.807, 2.05) is 0 Å². The third-order valence-electron chi connectivity index (χ3n) is 8.69. The lowest BCUT2D eigenvalue weighted by molar-refractivity contribution is -0.161. The molecule has 0 radical (unpaired) electrons. The first-order chi connectivity index (χ1) is 25.8. The number of unbranched alkanes of at least 4 members (excludes halogenated alkanes) is 18. The van der Waals surface area contributed by atoms with Crippen molar-refractivity contribution in [3.8, 4) is 0 Å². The van der Waals surface area contributed by atoms with Gasteiger partial charge in [-0.15, -0.1) is 0 Å². The van der Waals surface area contributed by atoms with Crippen LogP contribution >= 0.6 is 7.82 Å². The summed E-state index contributed by atoms with van der Waals surface area (Å²) in [6, 6.07) is 0. The lowest BCUT2D eigenvalue weighted by Crippen LogP contribution is -2.29. The molecule has 0 aliphatic heterocycles. The highest BCUT2D eigenvalue weighted by Crippen LogP contribution is 2.43. The third-order valence-corrected chi connectivity index (χ3v) is 9.67. The number of carbonyl (C=O) groups excluding carboxylic acids is 2. The Morgan fingerprint density at radius 3 is 1.43 bits per heavy atom. The number of phosphoric acid groups is 1. The van der Waals surface area contributed by atoms with Crippen LogP contribution in [0.3, 0.4) is 0 Å². The standard InChI is InChI=1S/C43H78NO8P/c1-3-5-7-9-11-13-15-17-19-20-22-24-26-28-30-32-34-36-43(46)52-41(40-51-53(47,48)50-38-37-44)39-49-42(45)35-33-31-29-27-25-23-21-18-16-14-12-10-8-6-4-2/h11-14,17-19,21,41H,3-10,15-16,20,22-40,44H2,1-2H3,(H,47,48)/b13-11-,14-12-,19-17-,21-18-. The Hall–Kier alpha value is -2.03. The number of nitrogens with two attached hydrogens (primary N) is 1. The number of phosphoric ester groups is 1. The van der Waals surface area contributed by atoms with Crippen LogP contribution in [0.4, 0.5) is 0 Å². The minimum atomic E-state index is -4.38. The van der Waals surface area contributed by atoms with Crippen LogP contribution < -0.4 is 5.73 Å². The predicted molar refractivity (Wildman–Crippen MR) is 220 cm³/mol. The van der Waals surface area contributed by atoms with Crippen LogP contribution in [-0.2, 0) is 32.7 Å². The number of allylic oxidation sites excluding steroid dienone is 8. The molecule has 3 N–H and O–H groups in total. The highest BCUT2D eigenvalue weighted by molar-refractivity contribution is 7.47. The molecule has 0 aromatic heterocycles. The van der Waals surface area contributed by atoms with E-state index in [1.165, 1.54) is 70.6 Å². The Morgan fingerprint density at radius 1 is 0.566 bits per heavy atom. The van der Waals surface area contributed by atoms with Gasteiger partial charge in [0.05, 0.1) is 13.2 Å². The van der Waals surface area contributed by atoms with E-state index in [2.05, 4.69) is 62.5 Å². The van der Waals surface area contributed by atoms with Gasteiger partial charge in [-0.25, -0.2) is 4.57 Å². The molecule has 2 unspecified atom stereocenters. The van der Waals surface area contributed by atoms with E-state index in [4.69, 9.17) is 24.3 Å². The van der Waals surface area contributed by atoms with Crippen molar-refractivity contribution in [2.24, 2.45) is 5.73 Å². The minimum Gasteiger partial charge on any atom is -0.462 e. The maximum Gasteiger partial charge on any atom is 0.472 e. The molecule has 0 saturated heterocycles. The number of esters is 2. The van der Waals surface area contributed by atoms with E-state index in [0.29, 0.717) is 12.8 Å². The van der Waals surface area contributed by atoms with Gasteiger partial charge in [-0.1, -0.05) is 140 Å². The number of rotatable bonds is 39. The summed E-state index contributed by atoms with van der Waals surface area (Å²) >= 11 is 0. The molecular weight excluding hydrogens is 689 g/mol. The maximum atomic E-state index is 12.6. The lowest BCUT2D eigenvalue weighted by Gasteiger charge is -2.19. The van der Waals surface area contributed by atoms with Crippen molar-refractivity contribution in [2.75, 3.05) is 26.4 Å². The quantitative estimate of drug-likeness (QED) is 0.0271. The molecule has 9 nitrogen and oxygen atoms in total. The first kappa shape index (κ1) is 51.0. The first-order valence-electron chi connectivity index (χ1n) is 21.1. The number of carbonyl (C=O) groups is 2. The molecule has 308 valence electrons. The third kappa shape index (κ3) is 39.5. The molecule has 10 heteroatoms. The molecule has 0 heterocycles. The second kappa shape index (κ2) is 39.7. The molecule has 0 aromatic carbocycles. The van der Waals surface area contributed by atoms with Gasteiger partial charge in [0.25, 0.3) is 0 Å². The van der Waals surface area contributed by atoms with Crippen LogP contribution in [0, 0.1) is 0 Å². The van der Waals surface area contributed by atoms with Crippen LogP contribution in [0.5, 0.6) is 0 Å². The zero-order valence-electron chi connectivity index (χ0n) is 33.7. The van der Waals surface area contributed by atoms with Gasteiger partial charge < -0.3 is 20.1 Å². The fourth-order valence-electron chi connectivity index (χ4n) is 5.52. The fourth-order valence-corrected chi connectivity index (χ4v) is 6.28. The second-order valence-corrected chi connectivity index (χ2v) is 15.3. The van der Waals surface area contributed by atoms with E-state index in [-0.39, 0.29) is 32.6 Å². The molecule has 53 heavy (non-hydrogen) atoms. The van der Waals surface area contributed by atoms with E-state index in [0.717, 1.165) is 70.6 Å². The molecule has 0 saturated carbocycles. The fraction of sp³-hybridized carbons (Fsp3) is 0.767. The monoisotopic (exact) mass is 768 g/mol.